The predicted octanol–water partition coefficient (Wildman–Crippen LogP) is 3.94. The van der Waals surface area contributed by atoms with Gasteiger partial charge in [0.2, 0.25) is 5.91 Å². The maximum Gasteiger partial charge on any atom is 0.251 e. The van der Waals surface area contributed by atoms with Gasteiger partial charge in [0.05, 0.1) is 10.8 Å². The molecule has 2 aromatic carbocycles. The Labute approximate surface area is 194 Å². The third-order valence-electron chi connectivity index (χ3n) is 4.83. The lowest BCUT2D eigenvalue weighted by atomic mass is 10.2. The summed E-state index contributed by atoms with van der Waals surface area (Å²) in [6, 6.07) is 14.3. The number of para-hydroxylation sites is 1. The van der Waals surface area contributed by atoms with Crippen LogP contribution in [-0.2, 0) is 11.4 Å². The number of ether oxygens (including phenoxy) is 1. The molecule has 0 spiro atoms. The van der Waals surface area contributed by atoms with Gasteiger partial charge < -0.3 is 15.4 Å². The first kappa shape index (κ1) is 22.2. The van der Waals surface area contributed by atoms with Crippen molar-refractivity contribution in [2.24, 2.45) is 0 Å². The minimum atomic E-state index is -0.174. The maximum atomic E-state index is 12.4. The molecule has 0 saturated heterocycles. The van der Waals surface area contributed by atoms with Crippen molar-refractivity contribution in [3.8, 4) is 5.75 Å². The van der Waals surface area contributed by atoms with E-state index in [1.807, 2.05) is 16.7 Å². The lowest BCUT2D eigenvalue weighted by molar-refractivity contribution is -0.113. The van der Waals surface area contributed by atoms with E-state index in [0.717, 1.165) is 12.8 Å². The van der Waals surface area contributed by atoms with E-state index in [0.29, 0.717) is 39.0 Å². The topological polar surface area (TPSA) is 98.1 Å². The molecule has 1 heterocycles. The average Bonchev–Trinajstić information content (AvgIpc) is 3.57. The Bertz CT molecular complexity index is 1120. The molecule has 1 aromatic heterocycles. The first-order valence-corrected chi connectivity index (χ1v) is 11.5. The second-order valence-corrected chi connectivity index (χ2v) is 8.56. The quantitative estimate of drug-likeness (QED) is 0.459. The van der Waals surface area contributed by atoms with Gasteiger partial charge in [0, 0.05) is 24.3 Å². The zero-order valence-corrected chi connectivity index (χ0v) is 18.9. The summed E-state index contributed by atoms with van der Waals surface area (Å²) in [5, 5.41) is 15.2. The summed E-state index contributed by atoms with van der Waals surface area (Å²) in [6.45, 7) is 0.248. The Morgan fingerprint density at radius 1 is 1.16 bits per heavy atom. The summed E-state index contributed by atoms with van der Waals surface area (Å²) in [4.78, 5) is 24.0. The Balaban J connectivity index is 1.35. The Hall–Kier alpha value is -3.04. The molecule has 0 atom stereocenters. The smallest absolute Gasteiger partial charge is 0.251 e. The van der Waals surface area contributed by atoms with Gasteiger partial charge in [-0.25, -0.2) is 0 Å². The molecule has 32 heavy (non-hydrogen) atoms. The minimum Gasteiger partial charge on any atom is -0.484 e. The zero-order chi connectivity index (χ0) is 22.5. The van der Waals surface area contributed by atoms with Crippen molar-refractivity contribution in [2.75, 3.05) is 18.1 Å². The van der Waals surface area contributed by atoms with E-state index < -0.39 is 0 Å². The van der Waals surface area contributed by atoms with E-state index in [9.17, 15) is 9.59 Å². The van der Waals surface area contributed by atoms with Gasteiger partial charge in [-0.3, -0.25) is 14.2 Å². The molecule has 0 aliphatic heterocycles. The Kier molecular flexibility index (Phi) is 6.96. The summed E-state index contributed by atoms with van der Waals surface area (Å²) in [5.74, 6) is 1.15. The van der Waals surface area contributed by atoms with Crippen molar-refractivity contribution in [1.29, 1.82) is 0 Å². The molecule has 1 aliphatic rings. The Morgan fingerprint density at radius 2 is 1.91 bits per heavy atom. The molecule has 0 bridgehead atoms. The summed E-state index contributed by atoms with van der Waals surface area (Å²) in [7, 11) is 1.57. The van der Waals surface area contributed by atoms with E-state index in [1.54, 1.807) is 43.4 Å². The monoisotopic (exact) mass is 471 g/mol. The number of aromatic nitrogens is 3. The lowest BCUT2D eigenvalue weighted by Crippen LogP contribution is -2.18. The van der Waals surface area contributed by atoms with E-state index in [1.165, 1.54) is 11.8 Å². The van der Waals surface area contributed by atoms with Gasteiger partial charge >= 0.3 is 0 Å². The predicted molar refractivity (Wildman–Crippen MR) is 123 cm³/mol. The molecule has 0 unspecified atom stereocenters. The highest BCUT2D eigenvalue weighted by Gasteiger charge is 2.30. The highest BCUT2D eigenvalue weighted by Crippen LogP contribution is 2.39. The number of carbonyl (C=O) groups is 2. The van der Waals surface area contributed by atoms with Crippen LogP contribution in [0.25, 0.3) is 0 Å². The van der Waals surface area contributed by atoms with Crippen molar-refractivity contribution < 1.29 is 14.3 Å². The van der Waals surface area contributed by atoms with Crippen LogP contribution in [0, 0.1) is 0 Å². The standard InChI is InChI=1S/C22H22ClN5O3S/c1-24-21(30)14-6-8-15(9-7-14)25-20(29)13-32-22-27-26-19(28(22)16-10-11-16)12-31-18-5-3-2-4-17(18)23/h2-9,16H,10-13H2,1H3,(H,24,30)(H,25,29). The zero-order valence-electron chi connectivity index (χ0n) is 17.4. The number of benzene rings is 2. The van der Waals surface area contributed by atoms with Crippen LogP contribution in [0.3, 0.4) is 0 Å². The molecule has 2 amide bonds. The normalized spacial score (nSPS) is 12.9. The molecule has 1 saturated carbocycles. The maximum absolute atomic E-state index is 12.4. The van der Waals surface area contributed by atoms with E-state index in [2.05, 4.69) is 20.8 Å². The Morgan fingerprint density at radius 3 is 2.59 bits per heavy atom. The molecule has 3 aromatic rings. The fourth-order valence-corrected chi connectivity index (χ4v) is 4.10. The first-order chi connectivity index (χ1) is 15.5. The van der Waals surface area contributed by atoms with Crippen molar-refractivity contribution in [3.05, 3.63) is 64.9 Å². The molecule has 1 aliphatic carbocycles. The van der Waals surface area contributed by atoms with Crippen LogP contribution < -0.4 is 15.4 Å². The second-order valence-electron chi connectivity index (χ2n) is 7.21. The molecular formula is C22H22ClN5O3S. The molecular weight excluding hydrogens is 450 g/mol. The highest BCUT2D eigenvalue weighted by molar-refractivity contribution is 7.99. The molecule has 10 heteroatoms. The largest absolute Gasteiger partial charge is 0.484 e. The third kappa shape index (κ3) is 5.41. The molecule has 166 valence electrons. The van der Waals surface area contributed by atoms with Crippen LogP contribution >= 0.6 is 23.4 Å². The van der Waals surface area contributed by atoms with Gasteiger partial charge in [-0.05, 0) is 49.2 Å². The van der Waals surface area contributed by atoms with Crippen LogP contribution in [0.1, 0.15) is 35.1 Å². The minimum absolute atomic E-state index is 0.165. The van der Waals surface area contributed by atoms with Crippen molar-refractivity contribution in [3.63, 3.8) is 0 Å². The number of thioether (sulfide) groups is 1. The molecule has 0 radical (unpaired) electrons. The number of carbonyl (C=O) groups excluding carboxylic acids is 2. The number of hydrogen-bond donors (Lipinski definition) is 2. The number of amides is 2. The van der Waals surface area contributed by atoms with Crippen LogP contribution in [0.4, 0.5) is 5.69 Å². The van der Waals surface area contributed by atoms with Crippen molar-refractivity contribution in [1.82, 2.24) is 20.1 Å². The lowest BCUT2D eigenvalue weighted by Gasteiger charge is -2.11. The molecule has 4 rings (SSSR count). The second kappa shape index (κ2) is 10.1. The van der Waals surface area contributed by atoms with Crippen LogP contribution in [-0.4, -0.2) is 39.4 Å². The van der Waals surface area contributed by atoms with Gasteiger partial charge in [0.15, 0.2) is 11.0 Å². The fourth-order valence-electron chi connectivity index (χ4n) is 3.08. The van der Waals surface area contributed by atoms with Crippen LogP contribution in [0.5, 0.6) is 5.75 Å². The van der Waals surface area contributed by atoms with Crippen LogP contribution in [0.2, 0.25) is 5.02 Å². The molecule has 2 N–H and O–H groups in total. The average molecular weight is 472 g/mol. The third-order valence-corrected chi connectivity index (χ3v) is 6.09. The van der Waals surface area contributed by atoms with Crippen LogP contribution in [0.15, 0.2) is 53.7 Å². The first-order valence-electron chi connectivity index (χ1n) is 10.1. The summed E-state index contributed by atoms with van der Waals surface area (Å²) < 4.78 is 7.87. The summed E-state index contributed by atoms with van der Waals surface area (Å²) in [6.07, 6.45) is 2.10. The van der Waals surface area contributed by atoms with E-state index >= 15 is 0 Å². The number of rotatable bonds is 9. The van der Waals surface area contributed by atoms with E-state index in [-0.39, 0.29) is 24.2 Å². The number of nitrogens with one attached hydrogen (secondary N) is 2. The van der Waals surface area contributed by atoms with Crippen molar-refractivity contribution in [2.45, 2.75) is 30.6 Å². The SMILES string of the molecule is CNC(=O)c1ccc(NC(=O)CSc2nnc(COc3ccccc3Cl)n2C2CC2)cc1. The fraction of sp³-hybridized carbons (Fsp3) is 0.273. The molecule has 1 fully saturated rings. The number of hydrogen-bond acceptors (Lipinski definition) is 6. The summed E-state index contributed by atoms with van der Waals surface area (Å²) in [5.41, 5.74) is 1.16. The van der Waals surface area contributed by atoms with Gasteiger partial charge in [-0.1, -0.05) is 35.5 Å². The highest BCUT2D eigenvalue weighted by atomic mass is 35.5. The van der Waals surface area contributed by atoms with Crippen molar-refractivity contribution >= 4 is 40.9 Å². The van der Waals surface area contributed by atoms with Gasteiger partial charge in [-0.2, -0.15) is 0 Å². The van der Waals surface area contributed by atoms with Gasteiger partial charge in [-0.15, -0.1) is 10.2 Å². The number of nitrogens with zero attached hydrogens (tertiary/aromatic N) is 3. The number of anilines is 1. The van der Waals surface area contributed by atoms with E-state index in [4.69, 9.17) is 16.3 Å². The summed E-state index contributed by atoms with van der Waals surface area (Å²) >= 11 is 7.49. The number of halogens is 1. The van der Waals surface area contributed by atoms with Gasteiger partial charge in [0.25, 0.3) is 5.91 Å². The molecule has 8 nitrogen and oxygen atoms in total. The van der Waals surface area contributed by atoms with Gasteiger partial charge in [0.1, 0.15) is 12.4 Å².